The van der Waals surface area contributed by atoms with Crippen molar-refractivity contribution < 1.29 is 24.0 Å². The summed E-state index contributed by atoms with van der Waals surface area (Å²) in [7, 11) is 1.51. The van der Waals surface area contributed by atoms with Gasteiger partial charge in [-0.1, -0.05) is 11.3 Å². The van der Waals surface area contributed by atoms with Gasteiger partial charge in [0.05, 0.1) is 0 Å². The maximum atomic E-state index is 12.4. The molecule has 1 N–H and O–H groups in total. The smallest absolute Gasteiger partial charge is 0.366 e. The van der Waals surface area contributed by atoms with E-state index in [9.17, 15) is 19.7 Å². The van der Waals surface area contributed by atoms with Gasteiger partial charge < -0.3 is 19.6 Å². The second-order valence-electron chi connectivity index (χ2n) is 5.41. The Labute approximate surface area is 156 Å². The third-order valence-electron chi connectivity index (χ3n) is 3.47. The minimum Gasteiger partial charge on any atom is -0.475 e. The van der Waals surface area contributed by atoms with Crippen LogP contribution in [0, 0.1) is 10.1 Å². The first-order valence-electron chi connectivity index (χ1n) is 7.63. The Morgan fingerprint density at radius 3 is 2.96 bits per heavy atom. The van der Waals surface area contributed by atoms with Gasteiger partial charge in [-0.25, -0.2) is 0 Å². The summed E-state index contributed by atoms with van der Waals surface area (Å²) in [6.07, 6.45) is -0.858. The Balaban J connectivity index is 1.80. The number of fused-ring (bicyclic) bond motifs is 1. The molecule has 1 unspecified atom stereocenters. The highest BCUT2D eigenvalue weighted by Gasteiger charge is 2.37. The topological polar surface area (TPSA) is 150 Å². The van der Waals surface area contributed by atoms with Gasteiger partial charge in [0.15, 0.2) is 11.9 Å². The van der Waals surface area contributed by atoms with E-state index in [1.165, 1.54) is 20.1 Å². The number of hydrogen-bond acceptors (Lipinski definition) is 10. The number of amides is 2. The summed E-state index contributed by atoms with van der Waals surface area (Å²) in [5.41, 5.74) is 0. The number of ether oxygens (including phenoxy) is 2. The van der Waals surface area contributed by atoms with Crippen LogP contribution < -0.4 is 15.0 Å². The molecule has 0 saturated carbocycles. The molecule has 27 heavy (non-hydrogen) atoms. The summed E-state index contributed by atoms with van der Waals surface area (Å²) in [5.74, 6) is -1.46. The number of methoxy groups -OCH3 is 1. The molecule has 2 aromatic heterocycles. The fourth-order valence-electron chi connectivity index (χ4n) is 2.32. The van der Waals surface area contributed by atoms with E-state index in [2.05, 4.69) is 20.5 Å². The standard InChI is InChI=1S/C14H14N6O6S/c1-7-13(22)19(12-8(26-7)3-4-9(15-12)20(23)24)5-10(21)16-14-18-17-11(27-14)6-25-2/h3-4,7H,5-6H2,1-2H3,(H,16,18,21). The number of aromatic nitrogens is 3. The third-order valence-corrected chi connectivity index (χ3v) is 4.28. The zero-order valence-corrected chi connectivity index (χ0v) is 15.1. The molecular formula is C14H14N6O6S. The van der Waals surface area contributed by atoms with Crippen LogP contribution in [0.2, 0.25) is 0 Å². The van der Waals surface area contributed by atoms with Crippen molar-refractivity contribution >= 4 is 39.9 Å². The summed E-state index contributed by atoms with van der Waals surface area (Å²) < 4.78 is 10.3. The second kappa shape index (κ2) is 7.59. The molecule has 0 radical (unpaired) electrons. The first-order chi connectivity index (χ1) is 12.9. The van der Waals surface area contributed by atoms with Gasteiger partial charge in [0.1, 0.15) is 18.2 Å². The van der Waals surface area contributed by atoms with Gasteiger partial charge in [0.25, 0.3) is 11.7 Å². The van der Waals surface area contributed by atoms with Crippen LogP contribution in [0.5, 0.6) is 5.75 Å². The average molecular weight is 394 g/mol. The van der Waals surface area contributed by atoms with Gasteiger partial charge >= 0.3 is 5.82 Å². The van der Waals surface area contributed by atoms with Crippen LogP contribution in [0.25, 0.3) is 0 Å². The van der Waals surface area contributed by atoms with Gasteiger partial charge in [-0.05, 0) is 22.9 Å². The number of anilines is 2. The highest BCUT2D eigenvalue weighted by molar-refractivity contribution is 7.15. The molecule has 1 aliphatic heterocycles. The van der Waals surface area contributed by atoms with E-state index in [4.69, 9.17) is 9.47 Å². The number of nitro groups is 1. The predicted octanol–water partition coefficient (Wildman–Crippen LogP) is 0.740. The highest BCUT2D eigenvalue weighted by Crippen LogP contribution is 2.33. The molecule has 0 aromatic carbocycles. The molecule has 3 heterocycles. The van der Waals surface area contributed by atoms with Gasteiger partial charge in [0.2, 0.25) is 11.0 Å². The van der Waals surface area contributed by atoms with E-state index < -0.39 is 35.2 Å². The summed E-state index contributed by atoms with van der Waals surface area (Å²) in [4.78, 5) is 39.9. The Bertz CT molecular complexity index is 902. The van der Waals surface area contributed by atoms with Gasteiger partial charge in [-0.15, -0.1) is 10.2 Å². The molecule has 1 aliphatic rings. The third kappa shape index (κ3) is 3.98. The first kappa shape index (κ1) is 18.6. The van der Waals surface area contributed by atoms with Crippen molar-refractivity contribution in [2.75, 3.05) is 23.9 Å². The zero-order valence-electron chi connectivity index (χ0n) is 14.2. The first-order valence-corrected chi connectivity index (χ1v) is 8.45. The fraction of sp³-hybridized carbons (Fsp3) is 0.357. The van der Waals surface area contributed by atoms with E-state index in [-0.39, 0.29) is 23.3 Å². The molecule has 0 bridgehead atoms. The normalized spacial score (nSPS) is 15.9. The fourth-order valence-corrected chi connectivity index (χ4v) is 3.05. The van der Waals surface area contributed by atoms with E-state index in [0.29, 0.717) is 5.01 Å². The summed E-state index contributed by atoms with van der Waals surface area (Å²) in [6, 6.07) is 2.51. The lowest BCUT2D eigenvalue weighted by Gasteiger charge is -2.28. The monoisotopic (exact) mass is 394 g/mol. The van der Waals surface area contributed by atoms with Gasteiger partial charge in [-0.3, -0.25) is 19.8 Å². The van der Waals surface area contributed by atoms with Crippen LogP contribution in [0.1, 0.15) is 11.9 Å². The summed E-state index contributed by atoms with van der Waals surface area (Å²) >= 11 is 1.13. The predicted molar refractivity (Wildman–Crippen MR) is 92.6 cm³/mol. The van der Waals surface area contributed by atoms with Gasteiger partial charge in [0, 0.05) is 13.2 Å². The molecule has 0 saturated heterocycles. The van der Waals surface area contributed by atoms with E-state index in [1.54, 1.807) is 0 Å². The molecule has 0 fully saturated rings. The molecule has 13 heteroatoms. The van der Waals surface area contributed by atoms with Crippen LogP contribution >= 0.6 is 11.3 Å². The number of carbonyl (C=O) groups is 2. The molecule has 2 aromatic rings. The minimum atomic E-state index is -0.858. The second-order valence-corrected chi connectivity index (χ2v) is 6.48. The lowest BCUT2D eigenvalue weighted by molar-refractivity contribution is -0.389. The molecule has 0 aliphatic carbocycles. The van der Waals surface area contributed by atoms with Crippen LogP contribution in [-0.2, 0) is 20.9 Å². The number of pyridine rings is 1. The largest absolute Gasteiger partial charge is 0.475 e. The molecule has 0 spiro atoms. The van der Waals surface area contributed by atoms with Crippen molar-refractivity contribution in [3.05, 3.63) is 27.3 Å². The van der Waals surface area contributed by atoms with Crippen molar-refractivity contribution in [1.29, 1.82) is 0 Å². The zero-order chi connectivity index (χ0) is 19.6. The molecule has 3 rings (SSSR count). The number of rotatable bonds is 6. The summed E-state index contributed by atoms with van der Waals surface area (Å²) in [5, 5.41) is 21.9. The Morgan fingerprint density at radius 2 is 2.26 bits per heavy atom. The van der Waals surface area contributed by atoms with Gasteiger partial charge in [-0.2, -0.15) is 0 Å². The van der Waals surface area contributed by atoms with Crippen LogP contribution in [-0.4, -0.2) is 51.7 Å². The molecule has 12 nitrogen and oxygen atoms in total. The summed E-state index contributed by atoms with van der Waals surface area (Å²) in [6.45, 7) is 1.36. The van der Waals surface area contributed by atoms with Crippen molar-refractivity contribution in [2.24, 2.45) is 0 Å². The van der Waals surface area contributed by atoms with Crippen LogP contribution in [0.3, 0.4) is 0 Å². The lowest BCUT2D eigenvalue weighted by Crippen LogP contribution is -2.48. The number of nitrogens with zero attached hydrogens (tertiary/aromatic N) is 5. The lowest BCUT2D eigenvalue weighted by atomic mass is 10.2. The Hall–Kier alpha value is -3.19. The van der Waals surface area contributed by atoms with Crippen molar-refractivity contribution in [3.8, 4) is 5.75 Å². The Kier molecular flexibility index (Phi) is 5.23. The van der Waals surface area contributed by atoms with E-state index in [0.717, 1.165) is 22.3 Å². The van der Waals surface area contributed by atoms with Crippen molar-refractivity contribution in [3.63, 3.8) is 0 Å². The Morgan fingerprint density at radius 1 is 1.48 bits per heavy atom. The van der Waals surface area contributed by atoms with Crippen molar-refractivity contribution in [2.45, 2.75) is 19.6 Å². The van der Waals surface area contributed by atoms with Crippen LogP contribution in [0.4, 0.5) is 16.8 Å². The minimum absolute atomic E-state index is 0.0835. The maximum Gasteiger partial charge on any atom is 0.366 e. The van der Waals surface area contributed by atoms with E-state index >= 15 is 0 Å². The average Bonchev–Trinajstić information content (AvgIpc) is 3.05. The number of nitrogens with one attached hydrogen (secondary N) is 1. The molecule has 1 atom stereocenters. The number of hydrogen-bond donors (Lipinski definition) is 1. The molecule has 2 amide bonds. The SMILES string of the molecule is COCc1nnc(NC(=O)CN2C(=O)C(C)Oc3ccc([N+](=O)[O-])nc32)s1. The number of carbonyl (C=O) groups excluding carboxylic acids is 2. The van der Waals surface area contributed by atoms with Crippen molar-refractivity contribution in [1.82, 2.24) is 15.2 Å². The highest BCUT2D eigenvalue weighted by atomic mass is 32.1. The molecule has 142 valence electrons. The van der Waals surface area contributed by atoms with Crippen LogP contribution in [0.15, 0.2) is 12.1 Å². The van der Waals surface area contributed by atoms with E-state index in [1.807, 2.05) is 0 Å². The molecular weight excluding hydrogens is 380 g/mol. The quantitative estimate of drug-likeness (QED) is 0.552. The maximum absolute atomic E-state index is 12.4.